The number of imidazole rings is 1. The van der Waals surface area contributed by atoms with Crippen LogP contribution in [0.15, 0.2) is 18.2 Å². The molecule has 4 rings (SSSR count). The van der Waals surface area contributed by atoms with Crippen LogP contribution in [-0.2, 0) is 10.2 Å². The molecule has 4 nitrogen and oxygen atoms in total. The minimum atomic E-state index is -0.452. The average Bonchev–Trinajstić information content (AvgIpc) is 3.06. The van der Waals surface area contributed by atoms with E-state index in [0.29, 0.717) is 19.1 Å². The van der Waals surface area contributed by atoms with Gasteiger partial charge in [0, 0.05) is 5.92 Å². The highest BCUT2D eigenvalue weighted by Crippen LogP contribution is 2.35. The molecule has 102 valence electrons. The molecule has 1 N–H and O–H groups in total. The van der Waals surface area contributed by atoms with Crippen molar-refractivity contribution in [3.05, 3.63) is 29.6 Å². The molecule has 1 aliphatic carbocycles. The molecular formula is C16H17N3O. The van der Waals surface area contributed by atoms with Crippen molar-refractivity contribution in [2.24, 2.45) is 0 Å². The summed E-state index contributed by atoms with van der Waals surface area (Å²) in [6.45, 7) is 0.997. The normalized spacial score (nSPS) is 21.8. The Labute approximate surface area is 117 Å². The minimum Gasteiger partial charge on any atom is -0.377 e. The maximum Gasteiger partial charge on any atom is 0.129 e. The largest absolute Gasteiger partial charge is 0.377 e. The topological polar surface area (TPSA) is 61.7 Å². The van der Waals surface area contributed by atoms with Crippen molar-refractivity contribution in [1.82, 2.24) is 9.97 Å². The number of ether oxygens (including phenoxy) is 1. The summed E-state index contributed by atoms with van der Waals surface area (Å²) < 4.78 is 5.23. The summed E-state index contributed by atoms with van der Waals surface area (Å²) in [6, 6.07) is 8.52. The van der Waals surface area contributed by atoms with Gasteiger partial charge in [0.15, 0.2) is 0 Å². The Morgan fingerprint density at radius 1 is 1.30 bits per heavy atom. The SMILES string of the molecule is N#CC1(c2ccc3nc(C4CCCC4)[nH]c3c2)COC1. The lowest BCUT2D eigenvalue weighted by Crippen LogP contribution is -2.45. The van der Waals surface area contributed by atoms with Gasteiger partial charge >= 0.3 is 0 Å². The van der Waals surface area contributed by atoms with Crippen molar-refractivity contribution < 1.29 is 4.74 Å². The van der Waals surface area contributed by atoms with Gasteiger partial charge in [0.05, 0.1) is 30.3 Å². The molecule has 2 heterocycles. The van der Waals surface area contributed by atoms with Gasteiger partial charge in [-0.05, 0) is 30.5 Å². The van der Waals surface area contributed by atoms with E-state index in [4.69, 9.17) is 9.72 Å². The average molecular weight is 267 g/mol. The minimum absolute atomic E-state index is 0.452. The van der Waals surface area contributed by atoms with Crippen molar-refractivity contribution in [1.29, 1.82) is 5.26 Å². The summed E-state index contributed by atoms with van der Waals surface area (Å²) in [5.41, 5.74) is 2.64. The predicted octanol–water partition coefficient (Wildman–Crippen LogP) is 3.01. The molecule has 2 aliphatic rings. The Balaban J connectivity index is 1.74. The van der Waals surface area contributed by atoms with Crippen LogP contribution in [0.25, 0.3) is 11.0 Å². The zero-order valence-corrected chi connectivity index (χ0v) is 11.4. The molecule has 0 amide bonds. The Bertz CT molecular complexity index is 687. The Morgan fingerprint density at radius 2 is 2.10 bits per heavy atom. The second-order valence-electron chi connectivity index (χ2n) is 6.02. The number of rotatable bonds is 2. The number of nitrogens with zero attached hydrogens (tertiary/aromatic N) is 2. The van der Waals surface area contributed by atoms with Gasteiger partial charge in [0.1, 0.15) is 11.2 Å². The lowest BCUT2D eigenvalue weighted by atomic mass is 9.80. The maximum absolute atomic E-state index is 9.38. The third-order valence-corrected chi connectivity index (χ3v) is 4.71. The third-order valence-electron chi connectivity index (χ3n) is 4.71. The molecule has 0 unspecified atom stereocenters. The molecule has 1 aromatic heterocycles. The fraction of sp³-hybridized carbons (Fsp3) is 0.500. The molecule has 1 aliphatic heterocycles. The molecule has 2 aromatic rings. The first kappa shape index (κ1) is 11.9. The Hall–Kier alpha value is -1.86. The number of aromatic amines is 1. The number of hydrogen-bond donors (Lipinski definition) is 1. The molecule has 0 atom stereocenters. The summed E-state index contributed by atoms with van der Waals surface area (Å²) in [7, 11) is 0. The van der Waals surface area contributed by atoms with Crippen molar-refractivity contribution in [3.8, 4) is 6.07 Å². The lowest BCUT2D eigenvalue weighted by Gasteiger charge is -2.35. The summed E-state index contributed by atoms with van der Waals surface area (Å²) in [6.07, 6.45) is 5.09. The van der Waals surface area contributed by atoms with Crippen LogP contribution < -0.4 is 0 Å². The van der Waals surface area contributed by atoms with Crippen LogP contribution in [0.2, 0.25) is 0 Å². The van der Waals surface area contributed by atoms with Gasteiger partial charge in [-0.15, -0.1) is 0 Å². The number of H-pyrrole nitrogens is 1. The molecule has 0 radical (unpaired) electrons. The van der Waals surface area contributed by atoms with E-state index < -0.39 is 5.41 Å². The Morgan fingerprint density at radius 3 is 2.75 bits per heavy atom. The number of nitriles is 1. The van der Waals surface area contributed by atoms with E-state index in [9.17, 15) is 5.26 Å². The van der Waals surface area contributed by atoms with Crippen LogP contribution in [0.4, 0.5) is 0 Å². The zero-order valence-electron chi connectivity index (χ0n) is 11.4. The quantitative estimate of drug-likeness (QED) is 0.909. The fourth-order valence-electron chi connectivity index (χ4n) is 3.32. The first-order valence-corrected chi connectivity index (χ1v) is 7.30. The maximum atomic E-state index is 9.38. The van der Waals surface area contributed by atoms with Crippen molar-refractivity contribution in [3.63, 3.8) is 0 Å². The molecule has 1 saturated heterocycles. The monoisotopic (exact) mass is 267 g/mol. The predicted molar refractivity (Wildman–Crippen MR) is 75.4 cm³/mol. The van der Waals surface area contributed by atoms with Gasteiger partial charge in [-0.3, -0.25) is 0 Å². The fourth-order valence-corrected chi connectivity index (χ4v) is 3.32. The van der Waals surface area contributed by atoms with Gasteiger partial charge < -0.3 is 9.72 Å². The van der Waals surface area contributed by atoms with Gasteiger partial charge in [-0.2, -0.15) is 5.26 Å². The second kappa shape index (κ2) is 4.32. The van der Waals surface area contributed by atoms with Crippen LogP contribution in [0.5, 0.6) is 0 Å². The van der Waals surface area contributed by atoms with Crippen molar-refractivity contribution >= 4 is 11.0 Å². The lowest BCUT2D eigenvalue weighted by molar-refractivity contribution is -0.0297. The van der Waals surface area contributed by atoms with Crippen molar-refractivity contribution in [2.75, 3.05) is 13.2 Å². The van der Waals surface area contributed by atoms with Crippen LogP contribution in [0.1, 0.15) is 43.0 Å². The molecule has 4 heteroatoms. The first-order valence-electron chi connectivity index (χ1n) is 7.30. The van der Waals surface area contributed by atoms with Crippen LogP contribution >= 0.6 is 0 Å². The van der Waals surface area contributed by atoms with E-state index in [-0.39, 0.29) is 0 Å². The number of benzene rings is 1. The smallest absolute Gasteiger partial charge is 0.129 e. The van der Waals surface area contributed by atoms with E-state index >= 15 is 0 Å². The number of nitrogens with one attached hydrogen (secondary N) is 1. The van der Waals surface area contributed by atoms with E-state index in [1.54, 1.807) is 0 Å². The van der Waals surface area contributed by atoms with Gasteiger partial charge in [-0.25, -0.2) is 4.98 Å². The summed E-state index contributed by atoms with van der Waals surface area (Å²) in [4.78, 5) is 8.18. The molecule has 0 bridgehead atoms. The molecule has 1 saturated carbocycles. The van der Waals surface area contributed by atoms with E-state index in [1.807, 2.05) is 12.1 Å². The summed E-state index contributed by atoms with van der Waals surface area (Å²) >= 11 is 0. The molecule has 0 spiro atoms. The van der Waals surface area contributed by atoms with Crippen LogP contribution in [0, 0.1) is 11.3 Å². The van der Waals surface area contributed by atoms with Crippen LogP contribution in [-0.4, -0.2) is 23.2 Å². The van der Waals surface area contributed by atoms with Gasteiger partial charge in [0.2, 0.25) is 0 Å². The van der Waals surface area contributed by atoms with E-state index in [2.05, 4.69) is 17.1 Å². The number of hydrogen-bond acceptors (Lipinski definition) is 3. The Kier molecular flexibility index (Phi) is 2.58. The van der Waals surface area contributed by atoms with E-state index in [1.165, 1.54) is 25.7 Å². The molecule has 1 aromatic carbocycles. The third kappa shape index (κ3) is 1.66. The standard InChI is InChI=1S/C16H17N3O/c17-8-16(9-20-10-16)12-5-6-13-14(7-12)19-15(18-13)11-3-1-2-4-11/h5-7,11H,1-4,9-10H2,(H,18,19). The second-order valence-corrected chi connectivity index (χ2v) is 6.02. The molecule has 2 fully saturated rings. The number of aromatic nitrogens is 2. The van der Waals surface area contributed by atoms with Gasteiger partial charge in [-0.1, -0.05) is 18.9 Å². The first-order chi connectivity index (χ1) is 9.81. The summed E-state index contributed by atoms with van der Waals surface area (Å²) in [5, 5.41) is 9.38. The molecular weight excluding hydrogens is 250 g/mol. The molecule has 20 heavy (non-hydrogen) atoms. The van der Waals surface area contributed by atoms with E-state index in [0.717, 1.165) is 22.4 Å². The number of fused-ring (bicyclic) bond motifs is 1. The highest BCUT2D eigenvalue weighted by molar-refractivity contribution is 5.76. The highest BCUT2D eigenvalue weighted by Gasteiger charge is 2.41. The van der Waals surface area contributed by atoms with Crippen molar-refractivity contribution in [2.45, 2.75) is 37.0 Å². The zero-order chi connectivity index (χ0) is 13.6. The van der Waals surface area contributed by atoms with Crippen LogP contribution in [0.3, 0.4) is 0 Å². The summed E-state index contributed by atoms with van der Waals surface area (Å²) in [5.74, 6) is 1.70. The highest BCUT2D eigenvalue weighted by atomic mass is 16.5. The van der Waals surface area contributed by atoms with Gasteiger partial charge in [0.25, 0.3) is 0 Å².